The van der Waals surface area contributed by atoms with Crippen molar-refractivity contribution >= 4 is 0 Å². The summed E-state index contributed by atoms with van der Waals surface area (Å²) in [7, 11) is 0. The summed E-state index contributed by atoms with van der Waals surface area (Å²) in [6.45, 7) is 2.23. The molecule has 1 N–H and O–H groups in total. The Morgan fingerprint density at radius 1 is 1.18 bits per heavy atom. The van der Waals surface area contributed by atoms with Gasteiger partial charge in [-0.1, -0.05) is 32.6 Å². The monoisotopic (exact) mass is 235 g/mol. The second-order valence-electron chi connectivity index (χ2n) is 6.16. The van der Waals surface area contributed by atoms with Crippen LogP contribution in [0.25, 0.3) is 0 Å². The van der Waals surface area contributed by atoms with Crippen LogP contribution in [0, 0.1) is 22.7 Å². The number of hydrogen-bond acceptors (Lipinski definition) is 2. The Hall–Kier alpha value is -0.550. The van der Waals surface area contributed by atoms with Gasteiger partial charge in [0.2, 0.25) is 0 Å². The molecule has 2 aliphatic carbocycles. The van der Waals surface area contributed by atoms with Gasteiger partial charge in [0, 0.05) is 0 Å². The highest BCUT2D eigenvalue weighted by atomic mass is 16.3. The molecule has 96 valence electrons. The van der Waals surface area contributed by atoms with Gasteiger partial charge in [0.05, 0.1) is 17.1 Å². The molecule has 0 aromatic heterocycles. The Morgan fingerprint density at radius 2 is 1.76 bits per heavy atom. The topological polar surface area (TPSA) is 44.0 Å². The minimum Gasteiger partial charge on any atom is -0.388 e. The van der Waals surface area contributed by atoms with Crippen LogP contribution in [0.5, 0.6) is 0 Å². The first-order chi connectivity index (χ1) is 8.16. The van der Waals surface area contributed by atoms with Gasteiger partial charge < -0.3 is 5.11 Å². The SMILES string of the molecule is CCCC1CCC(O)(C2(C#N)CCCC2)CC1. The molecule has 2 fully saturated rings. The first-order valence-electron chi connectivity index (χ1n) is 7.29. The Kier molecular flexibility index (Phi) is 3.78. The lowest BCUT2D eigenvalue weighted by Gasteiger charge is -2.45. The molecular weight excluding hydrogens is 210 g/mol. The summed E-state index contributed by atoms with van der Waals surface area (Å²) in [5.74, 6) is 0.789. The minimum atomic E-state index is -0.678. The molecule has 0 aromatic carbocycles. The summed E-state index contributed by atoms with van der Waals surface area (Å²) in [4.78, 5) is 0. The van der Waals surface area contributed by atoms with Gasteiger partial charge >= 0.3 is 0 Å². The van der Waals surface area contributed by atoms with E-state index in [1.54, 1.807) is 0 Å². The molecule has 0 aromatic rings. The molecule has 0 aliphatic heterocycles. The van der Waals surface area contributed by atoms with Crippen LogP contribution in [0.4, 0.5) is 0 Å². The summed E-state index contributed by atoms with van der Waals surface area (Å²) in [5.41, 5.74) is -1.09. The third-order valence-corrected chi connectivity index (χ3v) is 5.19. The molecule has 0 bridgehead atoms. The van der Waals surface area contributed by atoms with Gasteiger partial charge in [-0.05, 0) is 44.4 Å². The molecule has 17 heavy (non-hydrogen) atoms. The van der Waals surface area contributed by atoms with Crippen molar-refractivity contribution < 1.29 is 5.11 Å². The fourth-order valence-electron chi connectivity index (χ4n) is 3.99. The van der Waals surface area contributed by atoms with Crippen molar-refractivity contribution in [2.45, 2.75) is 76.7 Å². The van der Waals surface area contributed by atoms with Gasteiger partial charge in [-0.15, -0.1) is 0 Å². The average molecular weight is 235 g/mol. The Labute approximate surface area is 105 Å². The summed E-state index contributed by atoms with van der Waals surface area (Å²) >= 11 is 0. The normalized spacial score (nSPS) is 36.6. The quantitative estimate of drug-likeness (QED) is 0.808. The largest absolute Gasteiger partial charge is 0.388 e. The molecule has 0 heterocycles. The molecule has 0 atom stereocenters. The first kappa shape index (κ1) is 12.9. The Balaban J connectivity index is 2.04. The van der Waals surface area contributed by atoms with Crippen LogP contribution < -0.4 is 0 Å². The zero-order chi connectivity index (χ0) is 12.4. The van der Waals surface area contributed by atoms with Crippen molar-refractivity contribution in [2.75, 3.05) is 0 Å². The molecule has 2 saturated carbocycles. The molecule has 0 saturated heterocycles. The van der Waals surface area contributed by atoms with Gasteiger partial charge in [0.1, 0.15) is 0 Å². The maximum atomic E-state index is 10.9. The number of nitriles is 1. The summed E-state index contributed by atoms with van der Waals surface area (Å²) < 4.78 is 0. The molecule has 2 rings (SSSR count). The highest BCUT2D eigenvalue weighted by molar-refractivity contribution is 5.14. The number of hydrogen-bond donors (Lipinski definition) is 1. The zero-order valence-electron chi connectivity index (χ0n) is 11.0. The van der Waals surface area contributed by atoms with Crippen LogP contribution in [0.15, 0.2) is 0 Å². The third kappa shape index (κ3) is 2.22. The summed E-state index contributed by atoms with van der Waals surface area (Å²) in [6, 6.07) is 2.48. The van der Waals surface area contributed by atoms with Crippen LogP contribution in [0.3, 0.4) is 0 Å². The van der Waals surface area contributed by atoms with E-state index in [0.29, 0.717) is 0 Å². The van der Waals surface area contributed by atoms with E-state index in [2.05, 4.69) is 13.0 Å². The van der Waals surface area contributed by atoms with Crippen molar-refractivity contribution in [3.8, 4) is 6.07 Å². The van der Waals surface area contributed by atoms with E-state index in [1.165, 1.54) is 12.8 Å². The Bertz CT molecular complexity index is 291. The molecule has 0 amide bonds. The van der Waals surface area contributed by atoms with E-state index in [0.717, 1.165) is 57.3 Å². The van der Waals surface area contributed by atoms with Crippen molar-refractivity contribution in [1.29, 1.82) is 5.26 Å². The smallest absolute Gasteiger partial charge is 0.0860 e. The van der Waals surface area contributed by atoms with E-state index in [4.69, 9.17) is 0 Å². The highest BCUT2D eigenvalue weighted by Gasteiger charge is 2.53. The first-order valence-corrected chi connectivity index (χ1v) is 7.29. The summed E-state index contributed by atoms with van der Waals surface area (Å²) in [5, 5.41) is 20.4. The van der Waals surface area contributed by atoms with Gasteiger partial charge in [-0.3, -0.25) is 0 Å². The van der Waals surface area contributed by atoms with Crippen LogP contribution in [-0.4, -0.2) is 10.7 Å². The fourth-order valence-corrected chi connectivity index (χ4v) is 3.99. The molecule has 0 spiro atoms. The van der Waals surface area contributed by atoms with Gasteiger partial charge in [0.15, 0.2) is 0 Å². The summed E-state index contributed by atoms with van der Waals surface area (Å²) in [6.07, 6.45) is 10.5. The zero-order valence-corrected chi connectivity index (χ0v) is 11.0. The molecule has 2 nitrogen and oxygen atoms in total. The van der Waals surface area contributed by atoms with E-state index < -0.39 is 11.0 Å². The van der Waals surface area contributed by atoms with Crippen molar-refractivity contribution in [2.24, 2.45) is 11.3 Å². The van der Waals surface area contributed by atoms with Crippen LogP contribution >= 0.6 is 0 Å². The number of nitrogens with zero attached hydrogens (tertiary/aromatic N) is 1. The molecular formula is C15H25NO. The number of rotatable bonds is 3. The second-order valence-corrected chi connectivity index (χ2v) is 6.16. The van der Waals surface area contributed by atoms with Crippen molar-refractivity contribution in [1.82, 2.24) is 0 Å². The predicted octanol–water partition coefficient (Wildman–Crippen LogP) is 3.79. The van der Waals surface area contributed by atoms with E-state index in [1.807, 2.05) is 0 Å². The number of aliphatic hydroxyl groups is 1. The van der Waals surface area contributed by atoms with Gasteiger partial charge in [-0.25, -0.2) is 0 Å². The van der Waals surface area contributed by atoms with E-state index in [9.17, 15) is 10.4 Å². The maximum absolute atomic E-state index is 10.9. The predicted molar refractivity (Wildman–Crippen MR) is 68.3 cm³/mol. The fraction of sp³-hybridized carbons (Fsp3) is 0.933. The van der Waals surface area contributed by atoms with Crippen molar-refractivity contribution in [3.05, 3.63) is 0 Å². The minimum absolute atomic E-state index is 0.413. The lowest BCUT2D eigenvalue weighted by Crippen LogP contribution is -2.48. The lowest BCUT2D eigenvalue weighted by molar-refractivity contribution is -0.0893. The van der Waals surface area contributed by atoms with E-state index >= 15 is 0 Å². The van der Waals surface area contributed by atoms with Crippen molar-refractivity contribution in [3.63, 3.8) is 0 Å². The molecule has 0 unspecified atom stereocenters. The lowest BCUT2D eigenvalue weighted by atomic mass is 9.62. The van der Waals surface area contributed by atoms with Crippen LogP contribution in [0.2, 0.25) is 0 Å². The van der Waals surface area contributed by atoms with E-state index in [-0.39, 0.29) is 0 Å². The molecule has 2 heteroatoms. The van der Waals surface area contributed by atoms with Crippen LogP contribution in [-0.2, 0) is 0 Å². The molecule has 2 aliphatic rings. The second kappa shape index (κ2) is 4.98. The van der Waals surface area contributed by atoms with Crippen LogP contribution in [0.1, 0.15) is 71.1 Å². The van der Waals surface area contributed by atoms with Gasteiger partial charge in [0.25, 0.3) is 0 Å². The van der Waals surface area contributed by atoms with Gasteiger partial charge in [-0.2, -0.15) is 5.26 Å². The third-order valence-electron chi connectivity index (χ3n) is 5.19. The average Bonchev–Trinajstić information content (AvgIpc) is 2.83. The Morgan fingerprint density at radius 3 is 2.24 bits per heavy atom. The highest BCUT2D eigenvalue weighted by Crippen LogP contribution is 2.52. The molecule has 0 radical (unpaired) electrons. The standard InChI is InChI=1S/C15H25NO/c1-2-5-13-6-10-15(17,11-7-13)14(12-16)8-3-4-9-14/h13,17H,2-11H2,1H3. The maximum Gasteiger partial charge on any atom is 0.0860 e.